The lowest BCUT2D eigenvalue weighted by Crippen LogP contribution is -2.31. The standard InChI is InChI=1S/C16H18BrN3O3/c1-10-6-13(23-19-10)9-22-15-3-2-11(7-14(15)17)16(21)20-5-4-12(18)8-20/h2-3,6-7,12H,4-5,8-9,18H2,1H3. The van der Waals surface area contributed by atoms with Crippen LogP contribution in [0.2, 0.25) is 0 Å². The van der Waals surface area contributed by atoms with Gasteiger partial charge in [0.1, 0.15) is 12.4 Å². The van der Waals surface area contributed by atoms with Gasteiger partial charge in [0.15, 0.2) is 5.76 Å². The molecule has 0 saturated carbocycles. The summed E-state index contributed by atoms with van der Waals surface area (Å²) in [4.78, 5) is 14.2. The van der Waals surface area contributed by atoms with Crippen molar-refractivity contribution < 1.29 is 14.1 Å². The van der Waals surface area contributed by atoms with E-state index >= 15 is 0 Å². The number of rotatable bonds is 4. The molecule has 0 radical (unpaired) electrons. The maximum atomic E-state index is 12.4. The van der Waals surface area contributed by atoms with Crippen molar-refractivity contribution in [2.45, 2.75) is 26.0 Å². The van der Waals surface area contributed by atoms with Crippen LogP contribution in [-0.2, 0) is 6.61 Å². The average Bonchev–Trinajstić information content (AvgIpc) is 3.14. The lowest BCUT2D eigenvalue weighted by molar-refractivity contribution is 0.0790. The zero-order chi connectivity index (χ0) is 16.4. The van der Waals surface area contributed by atoms with Crippen molar-refractivity contribution in [3.05, 3.63) is 45.8 Å². The summed E-state index contributed by atoms with van der Waals surface area (Å²) >= 11 is 3.45. The molecule has 6 nitrogen and oxygen atoms in total. The van der Waals surface area contributed by atoms with Crippen molar-refractivity contribution in [3.8, 4) is 5.75 Å². The second-order valence-corrected chi connectivity index (χ2v) is 6.52. The number of benzene rings is 1. The van der Waals surface area contributed by atoms with Crippen molar-refractivity contribution >= 4 is 21.8 Å². The van der Waals surface area contributed by atoms with E-state index in [1.807, 2.05) is 13.0 Å². The summed E-state index contributed by atoms with van der Waals surface area (Å²) < 4.78 is 11.5. The Morgan fingerprint density at radius 1 is 1.52 bits per heavy atom. The highest BCUT2D eigenvalue weighted by molar-refractivity contribution is 9.10. The Balaban J connectivity index is 1.66. The first-order valence-corrected chi connectivity index (χ1v) is 8.21. The Morgan fingerprint density at radius 3 is 2.96 bits per heavy atom. The molecule has 3 rings (SSSR count). The quantitative estimate of drug-likeness (QED) is 0.882. The number of carbonyl (C=O) groups is 1. The molecule has 2 N–H and O–H groups in total. The van der Waals surface area contributed by atoms with Gasteiger partial charge in [-0.15, -0.1) is 0 Å². The zero-order valence-electron chi connectivity index (χ0n) is 12.8. The molecule has 1 aliphatic rings. The number of nitrogens with zero attached hydrogens (tertiary/aromatic N) is 2. The highest BCUT2D eigenvalue weighted by Crippen LogP contribution is 2.28. The molecule has 1 fully saturated rings. The molecule has 1 amide bonds. The summed E-state index contributed by atoms with van der Waals surface area (Å²) in [5, 5.41) is 3.81. The van der Waals surface area contributed by atoms with Crippen LogP contribution < -0.4 is 10.5 Å². The zero-order valence-corrected chi connectivity index (χ0v) is 14.4. The summed E-state index contributed by atoms with van der Waals surface area (Å²) in [6, 6.07) is 7.21. The van der Waals surface area contributed by atoms with E-state index in [9.17, 15) is 4.79 Å². The van der Waals surface area contributed by atoms with E-state index in [0.717, 1.165) is 16.6 Å². The summed E-state index contributed by atoms with van der Waals surface area (Å²) in [5.41, 5.74) is 7.29. The Labute approximate surface area is 142 Å². The molecule has 1 aromatic carbocycles. The van der Waals surface area contributed by atoms with Gasteiger partial charge < -0.3 is 19.9 Å². The van der Waals surface area contributed by atoms with E-state index in [0.29, 0.717) is 30.2 Å². The van der Waals surface area contributed by atoms with Gasteiger partial charge in [0.25, 0.3) is 5.91 Å². The predicted octanol–water partition coefficient (Wildman–Crippen LogP) is 2.50. The van der Waals surface area contributed by atoms with Gasteiger partial charge in [-0.05, 0) is 47.5 Å². The van der Waals surface area contributed by atoms with Gasteiger partial charge >= 0.3 is 0 Å². The van der Waals surface area contributed by atoms with Gasteiger partial charge in [-0.1, -0.05) is 5.16 Å². The minimum absolute atomic E-state index is 0.00365. The maximum absolute atomic E-state index is 12.4. The molecule has 1 aromatic heterocycles. The average molecular weight is 380 g/mol. The van der Waals surface area contributed by atoms with Crippen molar-refractivity contribution in [1.82, 2.24) is 10.1 Å². The number of hydrogen-bond donors (Lipinski definition) is 1. The number of nitrogens with two attached hydrogens (primary N) is 1. The normalized spacial score (nSPS) is 17.5. The summed E-state index contributed by atoms with van der Waals surface area (Å²) in [6.07, 6.45) is 0.852. The number of likely N-dealkylation sites (tertiary alicyclic amines) is 1. The summed E-state index contributed by atoms with van der Waals surface area (Å²) in [6.45, 7) is 3.46. The largest absolute Gasteiger partial charge is 0.484 e. The van der Waals surface area contributed by atoms with Crippen molar-refractivity contribution in [3.63, 3.8) is 0 Å². The molecular formula is C16H18BrN3O3. The second-order valence-electron chi connectivity index (χ2n) is 5.67. The third-order valence-electron chi connectivity index (χ3n) is 3.74. The third-order valence-corrected chi connectivity index (χ3v) is 4.36. The molecule has 0 bridgehead atoms. The number of ether oxygens (including phenoxy) is 1. The van der Waals surface area contributed by atoms with Crippen LogP contribution in [-0.4, -0.2) is 35.1 Å². The maximum Gasteiger partial charge on any atom is 0.253 e. The Hall–Kier alpha value is -1.86. The van der Waals surface area contributed by atoms with Crippen LogP contribution in [0.1, 0.15) is 28.2 Å². The Kier molecular flexibility index (Phi) is 4.68. The van der Waals surface area contributed by atoms with Gasteiger partial charge in [-0.3, -0.25) is 4.79 Å². The minimum atomic E-state index is -0.00365. The molecule has 1 atom stereocenters. The lowest BCUT2D eigenvalue weighted by Gasteiger charge is -2.16. The fraction of sp³-hybridized carbons (Fsp3) is 0.375. The van der Waals surface area contributed by atoms with E-state index in [1.54, 1.807) is 23.1 Å². The lowest BCUT2D eigenvalue weighted by atomic mass is 10.2. The topological polar surface area (TPSA) is 81.6 Å². The molecule has 1 unspecified atom stereocenters. The number of aromatic nitrogens is 1. The van der Waals surface area contributed by atoms with Crippen LogP contribution in [0.15, 0.2) is 33.3 Å². The molecule has 122 valence electrons. The van der Waals surface area contributed by atoms with E-state index in [2.05, 4.69) is 21.1 Å². The van der Waals surface area contributed by atoms with Crippen LogP contribution >= 0.6 is 15.9 Å². The van der Waals surface area contributed by atoms with Crippen LogP contribution in [0.25, 0.3) is 0 Å². The molecule has 1 aliphatic heterocycles. The molecular weight excluding hydrogens is 362 g/mol. The number of halogens is 1. The van der Waals surface area contributed by atoms with Crippen molar-refractivity contribution in [2.24, 2.45) is 5.73 Å². The van der Waals surface area contributed by atoms with Gasteiger partial charge in [-0.2, -0.15) is 0 Å². The SMILES string of the molecule is Cc1cc(COc2ccc(C(=O)N3CCC(N)C3)cc2Br)on1. The highest BCUT2D eigenvalue weighted by atomic mass is 79.9. The Bertz CT molecular complexity index is 716. The number of carbonyl (C=O) groups excluding carboxylic acids is 1. The van der Waals surface area contributed by atoms with Crippen LogP contribution in [0, 0.1) is 6.92 Å². The number of aryl methyl sites for hydroxylation is 1. The first kappa shape index (κ1) is 16.0. The van der Waals surface area contributed by atoms with Crippen molar-refractivity contribution in [1.29, 1.82) is 0 Å². The van der Waals surface area contributed by atoms with E-state index < -0.39 is 0 Å². The molecule has 0 spiro atoms. The monoisotopic (exact) mass is 379 g/mol. The molecule has 1 saturated heterocycles. The molecule has 7 heteroatoms. The molecule has 2 heterocycles. The van der Waals surface area contributed by atoms with Gasteiger partial charge in [0.05, 0.1) is 10.2 Å². The van der Waals surface area contributed by atoms with Crippen LogP contribution in [0.3, 0.4) is 0 Å². The van der Waals surface area contributed by atoms with Crippen molar-refractivity contribution in [2.75, 3.05) is 13.1 Å². The molecule has 0 aliphatic carbocycles. The fourth-order valence-electron chi connectivity index (χ4n) is 2.54. The second kappa shape index (κ2) is 6.72. The van der Waals surface area contributed by atoms with Gasteiger partial charge in [0.2, 0.25) is 0 Å². The third kappa shape index (κ3) is 3.73. The Morgan fingerprint density at radius 2 is 2.35 bits per heavy atom. The molecule has 23 heavy (non-hydrogen) atoms. The van der Waals surface area contributed by atoms with Gasteiger partial charge in [0, 0.05) is 30.8 Å². The smallest absolute Gasteiger partial charge is 0.253 e. The fourth-order valence-corrected chi connectivity index (χ4v) is 3.03. The summed E-state index contributed by atoms with van der Waals surface area (Å²) in [7, 11) is 0. The van der Waals surface area contributed by atoms with Crippen LogP contribution in [0.5, 0.6) is 5.75 Å². The summed E-state index contributed by atoms with van der Waals surface area (Å²) in [5.74, 6) is 1.30. The van der Waals surface area contributed by atoms with E-state index in [-0.39, 0.29) is 18.6 Å². The first-order valence-electron chi connectivity index (χ1n) is 7.42. The number of hydrogen-bond acceptors (Lipinski definition) is 5. The minimum Gasteiger partial charge on any atom is -0.484 e. The van der Waals surface area contributed by atoms with E-state index in [1.165, 1.54) is 0 Å². The van der Waals surface area contributed by atoms with Crippen LogP contribution in [0.4, 0.5) is 0 Å². The predicted molar refractivity (Wildman–Crippen MR) is 88.2 cm³/mol. The highest BCUT2D eigenvalue weighted by Gasteiger charge is 2.24. The van der Waals surface area contributed by atoms with Gasteiger partial charge in [-0.25, -0.2) is 0 Å². The molecule has 2 aromatic rings. The first-order chi connectivity index (χ1) is 11.0. The van der Waals surface area contributed by atoms with E-state index in [4.69, 9.17) is 15.0 Å². The number of amides is 1.